The third-order valence-corrected chi connectivity index (χ3v) is 3.33. The van der Waals surface area contributed by atoms with Gasteiger partial charge in [-0.3, -0.25) is 9.89 Å². The number of alkyl halides is 3. The van der Waals surface area contributed by atoms with Gasteiger partial charge in [-0.25, -0.2) is 4.98 Å². The summed E-state index contributed by atoms with van der Waals surface area (Å²) in [6, 6.07) is 5.04. The van der Waals surface area contributed by atoms with E-state index < -0.39 is 17.6 Å². The second-order valence-corrected chi connectivity index (χ2v) is 6.46. The highest BCUT2D eigenvalue weighted by Crippen LogP contribution is 2.32. The molecule has 0 atom stereocenters. The van der Waals surface area contributed by atoms with Crippen LogP contribution in [0.1, 0.15) is 43.5 Å². The highest BCUT2D eigenvalue weighted by Gasteiger charge is 2.33. The molecule has 2 rings (SSSR count). The SMILES string of the molecule is CC(C)(C)c1n[nH]c(CNC(=O)Cc2ccccc2C(F)(F)F)n1. The fraction of sp³-hybridized carbons (Fsp3) is 0.438. The molecular weight excluding hydrogens is 321 g/mol. The quantitative estimate of drug-likeness (QED) is 0.899. The second-order valence-electron chi connectivity index (χ2n) is 6.46. The number of aromatic nitrogens is 3. The van der Waals surface area contributed by atoms with Crippen LogP contribution in [0.3, 0.4) is 0 Å². The molecule has 5 nitrogen and oxygen atoms in total. The Bertz CT molecular complexity index is 717. The Balaban J connectivity index is 1.99. The van der Waals surface area contributed by atoms with Crippen molar-refractivity contribution in [2.45, 2.75) is 45.3 Å². The molecule has 0 bridgehead atoms. The predicted molar refractivity (Wildman–Crippen MR) is 82.1 cm³/mol. The third kappa shape index (κ3) is 4.56. The van der Waals surface area contributed by atoms with Gasteiger partial charge < -0.3 is 5.32 Å². The Morgan fingerprint density at radius 3 is 2.46 bits per heavy atom. The first-order chi connectivity index (χ1) is 11.1. The van der Waals surface area contributed by atoms with Crippen molar-refractivity contribution in [3.05, 3.63) is 47.0 Å². The lowest BCUT2D eigenvalue weighted by atomic mass is 9.96. The lowest BCUT2D eigenvalue weighted by Gasteiger charge is -2.12. The van der Waals surface area contributed by atoms with Crippen LogP contribution < -0.4 is 5.32 Å². The Morgan fingerprint density at radius 2 is 1.88 bits per heavy atom. The van der Waals surface area contributed by atoms with Crippen LogP contribution in [0.15, 0.2) is 24.3 Å². The minimum absolute atomic E-state index is 0.0598. The average Bonchev–Trinajstić information content (AvgIpc) is 2.93. The van der Waals surface area contributed by atoms with Crippen LogP contribution in [-0.4, -0.2) is 21.1 Å². The molecular formula is C16H19F3N4O. The molecule has 0 aliphatic rings. The first-order valence-electron chi connectivity index (χ1n) is 7.41. The lowest BCUT2D eigenvalue weighted by Crippen LogP contribution is -2.26. The Hall–Kier alpha value is -2.38. The summed E-state index contributed by atoms with van der Waals surface area (Å²) in [7, 11) is 0. The van der Waals surface area contributed by atoms with Crippen LogP contribution in [0.2, 0.25) is 0 Å². The standard InChI is InChI=1S/C16H19F3N4O/c1-15(2,3)14-21-12(22-23-14)9-20-13(24)8-10-6-4-5-7-11(10)16(17,18)19/h4-7H,8-9H2,1-3H3,(H,20,24)(H,21,22,23). The van der Waals surface area contributed by atoms with Gasteiger partial charge in [0.15, 0.2) is 5.82 Å². The normalized spacial score (nSPS) is 12.2. The summed E-state index contributed by atoms with van der Waals surface area (Å²) in [5, 5.41) is 9.32. The van der Waals surface area contributed by atoms with Crippen LogP contribution in [0.5, 0.6) is 0 Å². The number of carbonyl (C=O) groups excluding carboxylic acids is 1. The van der Waals surface area contributed by atoms with Crippen molar-refractivity contribution in [1.82, 2.24) is 20.5 Å². The minimum atomic E-state index is -4.48. The number of carbonyl (C=O) groups is 1. The van der Waals surface area contributed by atoms with Gasteiger partial charge in [0.25, 0.3) is 0 Å². The fourth-order valence-corrected chi connectivity index (χ4v) is 2.08. The highest BCUT2D eigenvalue weighted by atomic mass is 19.4. The zero-order valence-electron chi connectivity index (χ0n) is 13.7. The molecule has 1 aromatic carbocycles. The van der Waals surface area contributed by atoms with E-state index in [1.165, 1.54) is 18.2 Å². The van der Waals surface area contributed by atoms with Crippen LogP contribution in [0.4, 0.5) is 13.2 Å². The van der Waals surface area contributed by atoms with Gasteiger partial charge in [-0.15, -0.1) is 0 Å². The summed E-state index contributed by atoms with van der Waals surface area (Å²) in [6.07, 6.45) is -4.83. The zero-order valence-corrected chi connectivity index (χ0v) is 13.7. The number of H-pyrrole nitrogens is 1. The number of benzene rings is 1. The number of rotatable bonds is 4. The van der Waals surface area contributed by atoms with Gasteiger partial charge in [-0.05, 0) is 11.6 Å². The summed E-state index contributed by atoms with van der Waals surface area (Å²) in [5.74, 6) is 0.548. The molecule has 0 saturated carbocycles. The van der Waals surface area contributed by atoms with Crippen LogP contribution in [-0.2, 0) is 29.4 Å². The van der Waals surface area contributed by atoms with E-state index in [0.717, 1.165) is 6.07 Å². The molecule has 0 saturated heterocycles. The Morgan fingerprint density at radius 1 is 1.21 bits per heavy atom. The van der Waals surface area contributed by atoms with Gasteiger partial charge in [0.05, 0.1) is 18.5 Å². The van der Waals surface area contributed by atoms with E-state index in [9.17, 15) is 18.0 Å². The van der Waals surface area contributed by atoms with E-state index in [-0.39, 0.29) is 23.9 Å². The van der Waals surface area contributed by atoms with Crippen molar-refractivity contribution in [3.63, 3.8) is 0 Å². The molecule has 8 heteroatoms. The number of amides is 1. The number of hydrogen-bond acceptors (Lipinski definition) is 3. The van der Waals surface area contributed by atoms with Crippen LogP contribution in [0.25, 0.3) is 0 Å². The van der Waals surface area contributed by atoms with Crippen LogP contribution >= 0.6 is 0 Å². The molecule has 2 N–H and O–H groups in total. The molecule has 1 aromatic heterocycles. The molecule has 0 radical (unpaired) electrons. The average molecular weight is 340 g/mol. The Labute approximate surface area is 137 Å². The van der Waals surface area contributed by atoms with Crippen molar-refractivity contribution in [1.29, 1.82) is 0 Å². The van der Waals surface area contributed by atoms with Crippen LogP contribution in [0, 0.1) is 0 Å². The first kappa shape index (κ1) is 18.0. The van der Waals surface area contributed by atoms with E-state index in [4.69, 9.17) is 0 Å². The lowest BCUT2D eigenvalue weighted by molar-refractivity contribution is -0.138. The summed E-state index contributed by atoms with van der Waals surface area (Å²) in [6.45, 7) is 5.93. The van der Waals surface area contributed by atoms with Gasteiger partial charge in [-0.2, -0.15) is 18.3 Å². The summed E-state index contributed by atoms with van der Waals surface area (Å²) in [5.41, 5.74) is -1.09. The fourth-order valence-electron chi connectivity index (χ4n) is 2.08. The number of hydrogen-bond donors (Lipinski definition) is 2. The largest absolute Gasteiger partial charge is 0.416 e. The van der Waals surface area contributed by atoms with E-state index >= 15 is 0 Å². The molecule has 0 aliphatic carbocycles. The zero-order chi connectivity index (χ0) is 18.0. The monoisotopic (exact) mass is 340 g/mol. The van der Waals surface area contributed by atoms with Gasteiger partial charge in [0, 0.05) is 5.41 Å². The topological polar surface area (TPSA) is 70.7 Å². The number of nitrogens with one attached hydrogen (secondary N) is 2. The van der Waals surface area contributed by atoms with Gasteiger partial charge in [0.1, 0.15) is 5.82 Å². The molecule has 0 spiro atoms. The molecule has 0 fully saturated rings. The maximum Gasteiger partial charge on any atom is 0.416 e. The number of aromatic amines is 1. The van der Waals surface area contributed by atoms with E-state index in [0.29, 0.717) is 11.6 Å². The minimum Gasteiger partial charge on any atom is -0.349 e. The van der Waals surface area contributed by atoms with Crippen molar-refractivity contribution >= 4 is 5.91 Å². The van der Waals surface area contributed by atoms with E-state index in [2.05, 4.69) is 20.5 Å². The first-order valence-corrected chi connectivity index (χ1v) is 7.41. The second kappa shape index (κ2) is 6.62. The smallest absolute Gasteiger partial charge is 0.349 e. The van der Waals surface area contributed by atoms with E-state index in [1.54, 1.807) is 0 Å². The van der Waals surface area contributed by atoms with Gasteiger partial charge in [0.2, 0.25) is 5.91 Å². The summed E-state index contributed by atoms with van der Waals surface area (Å²) in [4.78, 5) is 16.2. The summed E-state index contributed by atoms with van der Waals surface area (Å²) < 4.78 is 38.7. The molecule has 24 heavy (non-hydrogen) atoms. The maximum absolute atomic E-state index is 12.9. The summed E-state index contributed by atoms with van der Waals surface area (Å²) >= 11 is 0. The number of nitrogens with zero attached hydrogens (tertiary/aromatic N) is 2. The predicted octanol–water partition coefficient (Wildman–Crippen LogP) is 2.98. The third-order valence-electron chi connectivity index (χ3n) is 3.33. The van der Waals surface area contributed by atoms with Crippen molar-refractivity contribution in [3.8, 4) is 0 Å². The maximum atomic E-state index is 12.9. The molecule has 2 aromatic rings. The van der Waals surface area contributed by atoms with Crippen molar-refractivity contribution < 1.29 is 18.0 Å². The molecule has 0 aliphatic heterocycles. The molecule has 130 valence electrons. The van der Waals surface area contributed by atoms with Crippen molar-refractivity contribution in [2.24, 2.45) is 0 Å². The van der Waals surface area contributed by atoms with Crippen molar-refractivity contribution in [2.75, 3.05) is 0 Å². The molecule has 0 unspecified atom stereocenters. The molecule has 1 amide bonds. The van der Waals surface area contributed by atoms with Gasteiger partial charge in [-0.1, -0.05) is 39.0 Å². The molecule has 1 heterocycles. The van der Waals surface area contributed by atoms with Gasteiger partial charge >= 0.3 is 6.18 Å². The Kier molecular flexibility index (Phi) is 4.96. The number of halogens is 3. The highest BCUT2D eigenvalue weighted by molar-refractivity contribution is 5.78. The van der Waals surface area contributed by atoms with E-state index in [1.807, 2.05) is 20.8 Å².